The zero-order chi connectivity index (χ0) is 14.6. The number of nitrogens with one attached hydrogen (secondary N) is 1. The van der Waals surface area contributed by atoms with Gasteiger partial charge in [0.25, 0.3) is 0 Å². The highest BCUT2D eigenvalue weighted by molar-refractivity contribution is 4.86. The lowest BCUT2D eigenvalue weighted by Crippen LogP contribution is -2.36. The molecule has 20 heavy (non-hydrogen) atoms. The molecule has 1 heteroatoms. The molecule has 2 rings (SSSR count). The Labute approximate surface area is 127 Å². The van der Waals surface area contributed by atoms with Crippen LogP contribution in [0.1, 0.15) is 85.5 Å². The fraction of sp³-hybridized carbons (Fsp3) is 1.00. The molecule has 0 unspecified atom stereocenters. The molecule has 0 aliphatic heterocycles. The van der Waals surface area contributed by atoms with E-state index in [9.17, 15) is 0 Å². The second-order valence-corrected chi connectivity index (χ2v) is 8.78. The van der Waals surface area contributed by atoms with Crippen LogP contribution in [0.25, 0.3) is 0 Å². The lowest BCUT2D eigenvalue weighted by molar-refractivity contribution is 0.146. The van der Waals surface area contributed by atoms with Gasteiger partial charge in [0, 0.05) is 6.54 Å². The average Bonchev–Trinajstić information content (AvgIpc) is 2.88. The van der Waals surface area contributed by atoms with Crippen LogP contribution >= 0.6 is 0 Å². The summed E-state index contributed by atoms with van der Waals surface area (Å²) >= 11 is 0. The Morgan fingerprint density at radius 1 is 1.00 bits per heavy atom. The molecule has 0 atom stereocenters. The molecule has 0 aromatic rings. The van der Waals surface area contributed by atoms with Gasteiger partial charge in [-0.25, -0.2) is 0 Å². The second-order valence-electron chi connectivity index (χ2n) is 8.78. The molecule has 2 saturated carbocycles. The predicted octanol–water partition coefficient (Wildman–Crippen LogP) is 5.40. The normalized spacial score (nSPS) is 30.6. The van der Waals surface area contributed by atoms with Crippen molar-refractivity contribution < 1.29 is 0 Å². The van der Waals surface area contributed by atoms with Crippen molar-refractivity contribution in [3.05, 3.63) is 0 Å². The molecule has 2 aliphatic carbocycles. The van der Waals surface area contributed by atoms with Crippen molar-refractivity contribution in [2.24, 2.45) is 22.7 Å². The summed E-state index contributed by atoms with van der Waals surface area (Å²) in [5.74, 6) is 1.90. The van der Waals surface area contributed by atoms with Crippen LogP contribution in [-0.2, 0) is 0 Å². The van der Waals surface area contributed by atoms with Gasteiger partial charge in [-0.3, -0.25) is 0 Å². The molecule has 0 aromatic heterocycles. The molecule has 118 valence electrons. The maximum atomic E-state index is 3.84. The summed E-state index contributed by atoms with van der Waals surface area (Å²) in [7, 11) is 0. The smallest absolute Gasteiger partial charge is 0.000782 e. The van der Waals surface area contributed by atoms with Crippen molar-refractivity contribution in [1.82, 2.24) is 5.32 Å². The first kappa shape index (κ1) is 16.3. The Morgan fingerprint density at radius 2 is 1.60 bits per heavy atom. The third-order valence-corrected chi connectivity index (χ3v) is 6.42. The van der Waals surface area contributed by atoms with E-state index in [1.165, 1.54) is 70.9 Å². The standard InChI is InChI=1S/C19H37N/c1-5-19(12-6-7-13-19)15-20-14-16-8-10-17(11-9-16)18(2,3)4/h16-17,20H,5-15H2,1-4H3. The molecule has 0 radical (unpaired) electrons. The lowest BCUT2D eigenvalue weighted by Gasteiger charge is -2.37. The van der Waals surface area contributed by atoms with Crippen LogP contribution in [0.3, 0.4) is 0 Å². The largest absolute Gasteiger partial charge is 0.316 e. The van der Waals surface area contributed by atoms with Gasteiger partial charge in [0.1, 0.15) is 0 Å². The molecule has 1 nitrogen and oxygen atoms in total. The summed E-state index contributed by atoms with van der Waals surface area (Å²) in [5.41, 5.74) is 1.18. The van der Waals surface area contributed by atoms with Crippen LogP contribution in [0, 0.1) is 22.7 Å². The second kappa shape index (κ2) is 6.81. The lowest BCUT2D eigenvalue weighted by atomic mass is 9.70. The van der Waals surface area contributed by atoms with E-state index < -0.39 is 0 Å². The fourth-order valence-corrected chi connectivity index (χ4v) is 4.55. The third kappa shape index (κ3) is 4.23. The molecular formula is C19H37N. The van der Waals surface area contributed by atoms with Crippen molar-refractivity contribution in [2.75, 3.05) is 13.1 Å². The Hall–Kier alpha value is -0.0400. The van der Waals surface area contributed by atoms with E-state index in [-0.39, 0.29) is 0 Å². The SMILES string of the molecule is CCC1(CNCC2CCC(C(C)(C)C)CC2)CCCC1. The maximum Gasteiger partial charge on any atom is 0.000782 e. The number of rotatable bonds is 5. The van der Waals surface area contributed by atoms with E-state index in [0.717, 1.165) is 11.8 Å². The van der Waals surface area contributed by atoms with E-state index in [4.69, 9.17) is 0 Å². The van der Waals surface area contributed by atoms with Crippen LogP contribution < -0.4 is 5.32 Å². The van der Waals surface area contributed by atoms with Crippen molar-refractivity contribution in [2.45, 2.75) is 85.5 Å². The molecular weight excluding hydrogens is 242 g/mol. The van der Waals surface area contributed by atoms with Gasteiger partial charge in [-0.1, -0.05) is 40.5 Å². The van der Waals surface area contributed by atoms with Gasteiger partial charge in [0.2, 0.25) is 0 Å². The molecule has 0 saturated heterocycles. The monoisotopic (exact) mass is 279 g/mol. The summed E-state index contributed by atoms with van der Waals surface area (Å²) in [6, 6.07) is 0. The minimum Gasteiger partial charge on any atom is -0.316 e. The van der Waals surface area contributed by atoms with E-state index in [1.54, 1.807) is 0 Å². The molecule has 2 aliphatic rings. The van der Waals surface area contributed by atoms with E-state index in [2.05, 4.69) is 33.0 Å². The van der Waals surface area contributed by atoms with E-state index in [0.29, 0.717) is 10.8 Å². The highest BCUT2D eigenvalue weighted by atomic mass is 14.9. The topological polar surface area (TPSA) is 12.0 Å². The van der Waals surface area contributed by atoms with Gasteiger partial charge in [0.05, 0.1) is 0 Å². The van der Waals surface area contributed by atoms with Crippen molar-refractivity contribution >= 4 is 0 Å². The highest BCUT2D eigenvalue weighted by Gasteiger charge is 2.32. The first-order chi connectivity index (χ1) is 9.45. The van der Waals surface area contributed by atoms with Crippen molar-refractivity contribution in [3.8, 4) is 0 Å². The zero-order valence-corrected chi connectivity index (χ0v) is 14.4. The highest BCUT2D eigenvalue weighted by Crippen LogP contribution is 2.41. The maximum absolute atomic E-state index is 3.84. The van der Waals surface area contributed by atoms with Crippen molar-refractivity contribution in [1.29, 1.82) is 0 Å². The Bertz CT molecular complexity index is 275. The third-order valence-electron chi connectivity index (χ3n) is 6.42. The number of hydrogen-bond acceptors (Lipinski definition) is 1. The van der Waals surface area contributed by atoms with Crippen LogP contribution in [0.15, 0.2) is 0 Å². The fourth-order valence-electron chi connectivity index (χ4n) is 4.55. The van der Waals surface area contributed by atoms with Gasteiger partial charge in [0.15, 0.2) is 0 Å². The Balaban J connectivity index is 1.66. The first-order valence-electron chi connectivity index (χ1n) is 9.16. The summed E-state index contributed by atoms with van der Waals surface area (Å²) in [6.07, 6.45) is 13.0. The van der Waals surface area contributed by atoms with E-state index in [1.807, 2.05) is 0 Å². The molecule has 0 bridgehead atoms. The molecule has 1 N–H and O–H groups in total. The van der Waals surface area contributed by atoms with Gasteiger partial charge >= 0.3 is 0 Å². The summed E-state index contributed by atoms with van der Waals surface area (Å²) in [4.78, 5) is 0. The molecule has 0 spiro atoms. The van der Waals surface area contributed by atoms with Gasteiger partial charge < -0.3 is 5.32 Å². The minimum absolute atomic E-state index is 0.522. The first-order valence-corrected chi connectivity index (χ1v) is 9.16. The summed E-state index contributed by atoms with van der Waals surface area (Å²) < 4.78 is 0. The molecule has 0 aromatic carbocycles. The van der Waals surface area contributed by atoms with Crippen molar-refractivity contribution in [3.63, 3.8) is 0 Å². The predicted molar refractivity (Wildman–Crippen MR) is 89.0 cm³/mol. The van der Waals surface area contributed by atoms with Crippen LogP contribution in [0.4, 0.5) is 0 Å². The average molecular weight is 280 g/mol. The Kier molecular flexibility index (Phi) is 5.56. The summed E-state index contributed by atoms with van der Waals surface area (Å²) in [6.45, 7) is 12.2. The summed E-state index contributed by atoms with van der Waals surface area (Å²) in [5, 5.41) is 3.84. The molecule has 2 fully saturated rings. The van der Waals surface area contributed by atoms with Crippen LogP contribution in [-0.4, -0.2) is 13.1 Å². The Morgan fingerprint density at radius 3 is 2.10 bits per heavy atom. The van der Waals surface area contributed by atoms with Crippen LogP contribution in [0.2, 0.25) is 0 Å². The van der Waals surface area contributed by atoms with Gasteiger partial charge in [-0.2, -0.15) is 0 Å². The molecule has 0 heterocycles. The number of hydrogen-bond donors (Lipinski definition) is 1. The molecule has 0 amide bonds. The zero-order valence-electron chi connectivity index (χ0n) is 14.4. The van der Waals surface area contributed by atoms with E-state index >= 15 is 0 Å². The van der Waals surface area contributed by atoms with Gasteiger partial charge in [-0.05, 0) is 74.2 Å². The minimum atomic E-state index is 0.522. The quantitative estimate of drug-likeness (QED) is 0.710. The van der Waals surface area contributed by atoms with Gasteiger partial charge in [-0.15, -0.1) is 0 Å². The van der Waals surface area contributed by atoms with Crippen LogP contribution in [0.5, 0.6) is 0 Å².